The predicted octanol–water partition coefficient (Wildman–Crippen LogP) is 2.56. The van der Waals surface area contributed by atoms with E-state index in [1.165, 1.54) is 50.8 Å². The Balaban J connectivity index is 1.58. The maximum absolute atomic E-state index is 8.99. The molecule has 1 aromatic heterocycles. The summed E-state index contributed by atoms with van der Waals surface area (Å²) >= 11 is 0. The van der Waals surface area contributed by atoms with E-state index in [0.717, 1.165) is 13.1 Å². The van der Waals surface area contributed by atoms with E-state index in [-0.39, 0.29) is 6.61 Å². The van der Waals surface area contributed by atoms with Crippen molar-refractivity contribution < 1.29 is 5.11 Å². The lowest BCUT2D eigenvalue weighted by molar-refractivity contribution is 0.218. The average Bonchev–Trinajstić information content (AvgIpc) is 2.98. The van der Waals surface area contributed by atoms with Crippen molar-refractivity contribution >= 4 is 0 Å². The van der Waals surface area contributed by atoms with Gasteiger partial charge >= 0.3 is 0 Å². The third-order valence-corrected chi connectivity index (χ3v) is 4.73. The molecule has 21 heavy (non-hydrogen) atoms. The number of hydrogen-bond acceptors (Lipinski definition) is 3. The normalized spacial score (nSPS) is 24.0. The van der Waals surface area contributed by atoms with Crippen LogP contribution in [0, 0.1) is 0 Å². The Hall–Kier alpha value is -1.13. The van der Waals surface area contributed by atoms with E-state index in [4.69, 9.17) is 5.11 Å². The van der Waals surface area contributed by atoms with Gasteiger partial charge in [-0.3, -0.25) is 9.58 Å². The molecule has 1 aromatic rings. The van der Waals surface area contributed by atoms with Gasteiger partial charge in [-0.1, -0.05) is 11.6 Å². The van der Waals surface area contributed by atoms with Gasteiger partial charge in [0.1, 0.15) is 0 Å². The second-order valence-electron chi connectivity index (χ2n) is 6.41. The number of aromatic nitrogens is 2. The number of nitrogens with zero attached hydrogens (tertiary/aromatic N) is 3. The van der Waals surface area contributed by atoms with E-state index < -0.39 is 0 Å². The van der Waals surface area contributed by atoms with Gasteiger partial charge in [0.15, 0.2) is 0 Å². The van der Waals surface area contributed by atoms with Crippen LogP contribution >= 0.6 is 0 Å². The van der Waals surface area contributed by atoms with Crippen molar-refractivity contribution in [3.05, 3.63) is 29.6 Å². The Bertz CT molecular complexity index is 480. The van der Waals surface area contributed by atoms with E-state index in [1.807, 2.05) is 10.9 Å². The summed E-state index contributed by atoms with van der Waals surface area (Å²) in [6.07, 6.45) is 12.3. The molecule has 1 fully saturated rings. The fourth-order valence-corrected chi connectivity index (χ4v) is 3.60. The van der Waals surface area contributed by atoms with Crippen LogP contribution < -0.4 is 0 Å². The van der Waals surface area contributed by atoms with Crippen LogP contribution in [0.1, 0.15) is 50.1 Å². The molecule has 2 heterocycles. The number of hydrogen-bond donors (Lipinski definition) is 1. The molecule has 1 unspecified atom stereocenters. The molecule has 1 saturated heterocycles. The Labute approximate surface area is 127 Å². The maximum atomic E-state index is 8.99. The molecule has 4 nitrogen and oxygen atoms in total. The van der Waals surface area contributed by atoms with Gasteiger partial charge in [-0.05, 0) is 51.1 Å². The van der Waals surface area contributed by atoms with Crippen molar-refractivity contribution in [1.82, 2.24) is 14.7 Å². The zero-order valence-electron chi connectivity index (χ0n) is 12.9. The molecule has 4 heteroatoms. The Morgan fingerprint density at radius 1 is 1.29 bits per heavy atom. The second-order valence-corrected chi connectivity index (χ2v) is 6.41. The number of likely N-dealkylation sites (tertiary alicyclic amines) is 1. The minimum absolute atomic E-state index is 0.159. The van der Waals surface area contributed by atoms with Crippen molar-refractivity contribution in [2.75, 3.05) is 26.2 Å². The van der Waals surface area contributed by atoms with Gasteiger partial charge in [-0.25, -0.2) is 0 Å². The molecule has 0 radical (unpaired) electrons. The molecule has 3 rings (SSSR count). The molecule has 0 aromatic carbocycles. The third kappa shape index (κ3) is 3.95. The van der Waals surface area contributed by atoms with Gasteiger partial charge in [0.25, 0.3) is 0 Å². The lowest BCUT2D eigenvalue weighted by Crippen LogP contribution is -2.36. The van der Waals surface area contributed by atoms with Gasteiger partial charge in [-0.15, -0.1) is 0 Å². The lowest BCUT2D eigenvalue weighted by atomic mass is 9.93. The topological polar surface area (TPSA) is 41.3 Å². The first-order chi connectivity index (χ1) is 10.3. The quantitative estimate of drug-likeness (QED) is 0.847. The molecule has 0 spiro atoms. The summed E-state index contributed by atoms with van der Waals surface area (Å²) < 4.78 is 1.86. The first kappa shape index (κ1) is 14.8. The number of aliphatic hydroxyl groups is 1. The van der Waals surface area contributed by atoms with E-state index in [2.05, 4.69) is 22.1 Å². The monoisotopic (exact) mass is 289 g/mol. The van der Waals surface area contributed by atoms with Crippen molar-refractivity contribution in [2.45, 2.75) is 51.0 Å². The molecular formula is C17H27N3O. The first-order valence-electron chi connectivity index (χ1n) is 8.39. The van der Waals surface area contributed by atoms with E-state index in [9.17, 15) is 0 Å². The van der Waals surface area contributed by atoms with Crippen LogP contribution in [-0.4, -0.2) is 46.0 Å². The molecule has 1 aliphatic carbocycles. The van der Waals surface area contributed by atoms with E-state index >= 15 is 0 Å². The SMILES string of the molecule is OCCn1ccc(C2CCCN(CC3=CCCCC3)C2)n1. The maximum Gasteiger partial charge on any atom is 0.0668 e. The standard InChI is InChI=1S/C17H27N3O/c21-12-11-20-10-8-17(18-20)16-7-4-9-19(14-16)13-15-5-2-1-3-6-15/h5,8,10,16,21H,1-4,6-7,9,11-14H2. The summed E-state index contributed by atoms with van der Waals surface area (Å²) in [5.74, 6) is 0.558. The highest BCUT2D eigenvalue weighted by Crippen LogP contribution is 2.27. The molecule has 1 aliphatic heterocycles. The van der Waals surface area contributed by atoms with E-state index in [0.29, 0.717) is 12.5 Å². The number of allylic oxidation sites excluding steroid dienone is 1. The molecule has 0 saturated carbocycles. The van der Waals surface area contributed by atoms with Crippen molar-refractivity contribution in [3.63, 3.8) is 0 Å². The highest BCUT2D eigenvalue weighted by molar-refractivity contribution is 5.11. The summed E-state index contributed by atoms with van der Waals surface area (Å²) in [5.41, 5.74) is 2.85. The summed E-state index contributed by atoms with van der Waals surface area (Å²) in [6.45, 7) is 4.28. The summed E-state index contributed by atoms with van der Waals surface area (Å²) in [7, 11) is 0. The zero-order chi connectivity index (χ0) is 14.5. The van der Waals surface area contributed by atoms with Crippen molar-refractivity contribution in [2.24, 2.45) is 0 Å². The smallest absolute Gasteiger partial charge is 0.0668 e. The molecule has 1 N–H and O–H groups in total. The van der Waals surface area contributed by atoms with Gasteiger partial charge in [-0.2, -0.15) is 5.10 Å². The number of rotatable bonds is 5. The van der Waals surface area contributed by atoms with Gasteiger partial charge in [0, 0.05) is 25.2 Å². The Kier molecular flexibility index (Phi) is 5.09. The fourth-order valence-electron chi connectivity index (χ4n) is 3.60. The first-order valence-corrected chi connectivity index (χ1v) is 8.39. The molecule has 0 amide bonds. The molecule has 116 valence electrons. The van der Waals surface area contributed by atoms with Crippen LogP contribution in [0.2, 0.25) is 0 Å². The van der Waals surface area contributed by atoms with Crippen LogP contribution in [0.15, 0.2) is 23.9 Å². The van der Waals surface area contributed by atoms with Crippen LogP contribution in [-0.2, 0) is 6.54 Å². The average molecular weight is 289 g/mol. The second kappa shape index (κ2) is 7.23. The predicted molar refractivity (Wildman–Crippen MR) is 84.3 cm³/mol. The number of piperidine rings is 1. The van der Waals surface area contributed by atoms with Gasteiger partial charge in [0.2, 0.25) is 0 Å². The zero-order valence-corrected chi connectivity index (χ0v) is 12.9. The largest absolute Gasteiger partial charge is 0.394 e. The molecule has 0 bridgehead atoms. The van der Waals surface area contributed by atoms with Crippen molar-refractivity contribution in [1.29, 1.82) is 0 Å². The number of aliphatic hydroxyl groups excluding tert-OH is 1. The minimum Gasteiger partial charge on any atom is -0.394 e. The fraction of sp³-hybridized carbons (Fsp3) is 0.706. The van der Waals surface area contributed by atoms with Crippen LogP contribution in [0.25, 0.3) is 0 Å². The minimum atomic E-state index is 0.159. The summed E-state index contributed by atoms with van der Waals surface area (Å²) in [4.78, 5) is 2.61. The van der Waals surface area contributed by atoms with E-state index in [1.54, 1.807) is 5.57 Å². The van der Waals surface area contributed by atoms with Crippen LogP contribution in [0.3, 0.4) is 0 Å². The summed E-state index contributed by atoms with van der Waals surface area (Å²) in [5, 5.41) is 13.6. The third-order valence-electron chi connectivity index (χ3n) is 4.73. The molecule has 1 atom stereocenters. The molecule has 2 aliphatic rings. The molecular weight excluding hydrogens is 262 g/mol. The van der Waals surface area contributed by atoms with Crippen LogP contribution in [0.4, 0.5) is 0 Å². The lowest BCUT2D eigenvalue weighted by Gasteiger charge is -2.33. The Morgan fingerprint density at radius 3 is 3.05 bits per heavy atom. The van der Waals surface area contributed by atoms with Crippen LogP contribution in [0.5, 0.6) is 0 Å². The highest BCUT2D eigenvalue weighted by Gasteiger charge is 2.23. The Morgan fingerprint density at radius 2 is 2.24 bits per heavy atom. The van der Waals surface area contributed by atoms with Crippen molar-refractivity contribution in [3.8, 4) is 0 Å². The van der Waals surface area contributed by atoms with Gasteiger partial charge < -0.3 is 5.11 Å². The summed E-state index contributed by atoms with van der Waals surface area (Å²) in [6, 6.07) is 2.13. The van der Waals surface area contributed by atoms with Gasteiger partial charge in [0.05, 0.1) is 18.8 Å². The highest BCUT2D eigenvalue weighted by atomic mass is 16.3.